The Bertz CT molecular complexity index is 1260. The van der Waals surface area contributed by atoms with Crippen molar-refractivity contribution in [3.63, 3.8) is 0 Å². The van der Waals surface area contributed by atoms with Crippen molar-refractivity contribution in [1.82, 2.24) is 24.9 Å². The molecule has 0 bridgehead atoms. The van der Waals surface area contributed by atoms with E-state index in [0.717, 1.165) is 53.0 Å². The number of aromatic nitrogens is 5. The molecule has 0 amide bonds. The van der Waals surface area contributed by atoms with E-state index in [1.165, 1.54) is 12.7 Å². The molecule has 3 aromatic heterocycles. The minimum atomic E-state index is 0.267. The van der Waals surface area contributed by atoms with Crippen molar-refractivity contribution in [2.45, 2.75) is 18.9 Å². The van der Waals surface area contributed by atoms with E-state index in [-0.39, 0.29) is 12.1 Å². The molecule has 4 aromatic rings. The lowest BCUT2D eigenvalue weighted by atomic mass is 9.98. The van der Waals surface area contributed by atoms with Gasteiger partial charge in [-0.3, -0.25) is 0 Å². The largest absolute Gasteiger partial charge is 0.421 e. The van der Waals surface area contributed by atoms with Gasteiger partial charge in [0, 0.05) is 31.6 Å². The van der Waals surface area contributed by atoms with Gasteiger partial charge in [-0.25, -0.2) is 9.97 Å². The maximum absolute atomic E-state index is 6.40. The summed E-state index contributed by atoms with van der Waals surface area (Å²) in [7, 11) is 1.92. The molecule has 1 aliphatic heterocycles. The van der Waals surface area contributed by atoms with Gasteiger partial charge in [0.2, 0.25) is 0 Å². The van der Waals surface area contributed by atoms with E-state index < -0.39 is 0 Å². The molecule has 6 rings (SSSR count). The van der Waals surface area contributed by atoms with Crippen molar-refractivity contribution in [1.29, 1.82) is 0 Å². The standard InChI is InChI=1S/C22H24N8O/c1-24-17-4-2-3-14-18-20(27-19(14)17)28-22(31-13-7-25-11-26-8-13)29-21(18)30-9-12-5-6-16(23)15(12)10-30/h2-4,7-8,11-12,15-16,24H,5-6,9-10,23H2,1H3,(H,27,28,29). The Morgan fingerprint density at radius 1 is 1.16 bits per heavy atom. The van der Waals surface area contributed by atoms with E-state index in [1.54, 1.807) is 12.4 Å². The summed E-state index contributed by atoms with van der Waals surface area (Å²) in [5.74, 6) is 2.51. The summed E-state index contributed by atoms with van der Waals surface area (Å²) in [5.41, 5.74) is 9.17. The number of fused-ring (bicyclic) bond motifs is 4. The maximum atomic E-state index is 6.40. The van der Waals surface area contributed by atoms with Gasteiger partial charge in [-0.1, -0.05) is 12.1 Å². The summed E-state index contributed by atoms with van der Waals surface area (Å²) in [6.07, 6.45) is 6.96. The number of anilines is 2. The van der Waals surface area contributed by atoms with E-state index in [1.807, 2.05) is 19.2 Å². The zero-order chi connectivity index (χ0) is 20.9. The van der Waals surface area contributed by atoms with Gasteiger partial charge in [0.05, 0.1) is 29.0 Å². The van der Waals surface area contributed by atoms with Gasteiger partial charge in [-0.05, 0) is 30.7 Å². The Balaban J connectivity index is 1.52. The molecular formula is C22H24N8O. The topological polar surface area (TPSA) is 118 Å². The minimum Gasteiger partial charge on any atom is -0.421 e. The van der Waals surface area contributed by atoms with Crippen LogP contribution in [0.5, 0.6) is 11.8 Å². The van der Waals surface area contributed by atoms with Crippen LogP contribution in [0.25, 0.3) is 21.9 Å². The Labute approximate surface area is 179 Å². The fourth-order valence-corrected chi connectivity index (χ4v) is 5.19. The summed E-state index contributed by atoms with van der Waals surface area (Å²) >= 11 is 0. The highest BCUT2D eigenvalue weighted by molar-refractivity contribution is 6.14. The molecule has 3 atom stereocenters. The van der Waals surface area contributed by atoms with Crippen LogP contribution in [0.3, 0.4) is 0 Å². The van der Waals surface area contributed by atoms with E-state index in [2.05, 4.69) is 36.2 Å². The fourth-order valence-electron chi connectivity index (χ4n) is 5.19. The van der Waals surface area contributed by atoms with Crippen LogP contribution in [0.4, 0.5) is 11.5 Å². The van der Waals surface area contributed by atoms with Crippen molar-refractivity contribution in [3.05, 3.63) is 36.9 Å². The Morgan fingerprint density at radius 3 is 2.84 bits per heavy atom. The molecule has 31 heavy (non-hydrogen) atoms. The normalized spacial score (nSPS) is 22.9. The lowest BCUT2D eigenvalue weighted by molar-refractivity contribution is 0.439. The smallest absolute Gasteiger partial charge is 0.326 e. The monoisotopic (exact) mass is 416 g/mol. The first-order valence-corrected chi connectivity index (χ1v) is 10.6. The fraction of sp³-hybridized carbons (Fsp3) is 0.364. The summed E-state index contributed by atoms with van der Waals surface area (Å²) in [6.45, 7) is 1.86. The van der Waals surface area contributed by atoms with Crippen LogP contribution in [0.2, 0.25) is 0 Å². The third-order valence-corrected chi connectivity index (χ3v) is 6.67. The van der Waals surface area contributed by atoms with Gasteiger partial charge < -0.3 is 25.7 Å². The van der Waals surface area contributed by atoms with Crippen molar-refractivity contribution < 1.29 is 4.74 Å². The molecule has 4 N–H and O–H groups in total. The second-order valence-corrected chi connectivity index (χ2v) is 8.40. The average molecular weight is 416 g/mol. The van der Waals surface area contributed by atoms with Crippen LogP contribution in [-0.2, 0) is 0 Å². The van der Waals surface area contributed by atoms with Crippen LogP contribution >= 0.6 is 0 Å². The molecule has 158 valence electrons. The second kappa shape index (κ2) is 7.05. The highest BCUT2D eigenvalue weighted by atomic mass is 16.5. The van der Waals surface area contributed by atoms with Crippen LogP contribution in [0.1, 0.15) is 12.8 Å². The van der Waals surface area contributed by atoms with Crippen LogP contribution < -0.4 is 20.7 Å². The summed E-state index contributed by atoms with van der Waals surface area (Å²) in [5, 5.41) is 5.36. The van der Waals surface area contributed by atoms with E-state index in [0.29, 0.717) is 17.6 Å². The second-order valence-electron chi connectivity index (χ2n) is 8.40. The number of nitrogens with one attached hydrogen (secondary N) is 2. The quantitative estimate of drug-likeness (QED) is 0.465. The molecule has 2 aliphatic rings. The number of H-pyrrole nitrogens is 1. The summed E-state index contributed by atoms with van der Waals surface area (Å²) < 4.78 is 5.92. The molecule has 1 saturated heterocycles. The molecule has 0 spiro atoms. The average Bonchev–Trinajstić information content (AvgIpc) is 3.47. The first-order valence-electron chi connectivity index (χ1n) is 10.6. The first kappa shape index (κ1) is 18.3. The summed E-state index contributed by atoms with van der Waals surface area (Å²) in [4.78, 5) is 23.4. The first-order chi connectivity index (χ1) is 15.2. The predicted molar refractivity (Wildman–Crippen MR) is 119 cm³/mol. The lowest BCUT2D eigenvalue weighted by Crippen LogP contribution is -2.30. The number of nitrogens with two attached hydrogens (primary N) is 1. The van der Waals surface area contributed by atoms with Gasteiger partial charge in [0.15, 0.2) is 5.75 Å². The molecule has 9 nitrogen and oxygen atoms in total. The Hall–Kier alpha value is -3.46. The van der Waals surface area contributed by atoms with Gasteiger partial charge in [-0.15, -0.1) is 0 Å². The molecule has 1 saturated carbocycles. The number of rotatable bonds is 4. The molecule has 0 radical (unpaired) electrons. The zero-order valence-electron chi connectivity index (χ0n) is 17.2. The SMILES string of the molecule is CNc1cccc2c1[nH]c1nc(Oc3cncnc3)nc(N3CC4CCC(N)C4C3)c12. The van der Waals surface area contributed by atoms with Crippen molar-refractivity contribution in [2.24, 2.45) is 17.6 Å². The van der Waals surface area contributed by atoms with Crippen molar-refractivity contribution in [2.75, 3.05) is 30.4 Å². The third-order valence-electron chi connectivity index (χ3n) is 6.67. The lowest BCUT2D eigenvalue weighted by Gasteiger charge is -2.21. The number of nitrogens with zero attached hydrogens (tertiary/aromatic N) is 5. The van der Waals surface area contributed by atoms with Crippen molar-refractivity contribution >= 4 is 33.4 Å². The van der Waals surface area contributed by atoms with Gasteiger partial charge >= 0.3 is 6.01 Å². The van der Waals surface area contributed by atoms with E-state index in [4.69, 9.17) is 15.5 Å². The molecule has 1 aliphatic carbocycles. The van der Waals surface area contributed by atoms with E-state index >= 15 is 0 Å². The molecule has 3 unspecified atom stereocenters. The highest BCUT2D eigenvalue weighted by Gasteiger charge is 2.42. The molecular weight excluding hydrogens is 392 g/mol. The zero-order valence-corrected chi connectivity index (χ0v) is 17.2. The van der Waals surface area contributed by atoms with Gasteiger partial charge in [0.25, 0.3) is 0 Å². The molecule has 2 fully saturated rings. The Kier molecular flexibility index (Phi) is 4.17. The number of aromatic amines is 1. The minimum absolute atomic E-state index is 0.267. The predicted octanol–water partition coefficient (Wildman–Crippen LogP) is 2.91. The molecule has 4 heterocycles. The van der Waals surface area contributed by atoms with Crippen molar-refractivity contribution in [3.8, 4) is 11.8 Å². The van der Waals surface area contributed by atoms with Gasteiger partial charge in [-0.2, -0.15) is 9.97 Å². The molecule has 1 aromatic carbocycles. The number of para-hydroxylation sites is 1. The maximum Gasteiger partial charge on any atom is 0.326 e. The van der Waals surface area contributed by atoms with E-state index in [9.17, 15) is 0 Å². The third kappa shape index (κ3) is 2.96. The highest BCUT2D eigenvalue weighted by Crippen LogP contribution is 2.42. The number of benzene rings is 1. The van der Waals surface area contributed by atoms with Crippen LogP contribution in [-0.4, -0.2) is 51.1 Å². The Morgan fingerprint density at radius 2 is 2.03 bits per heavy atom. The molecule has 9 heteroatoms. The number of ether oxygens (including phenoxy) is 1. The number of hydrogen-bond acceptors (Lipinski definition) is 8. The summed E-state index contributed by atoms with van der Waals surface area (Å²) in [6, 6.07) is 6.74. The van der Waals surface area contributed by atoms with Gasteiger partial charge in [0.1, 0.15) is 17.8 Å². The number of hydrogen-bond donors (Lipinski definition) is 3. The van der Waals surface area contributed by atoms with Crippen LogP contribution in [0, 0.1) is 11.8 Å². The van der Waals surface area contributed by atoms with Crippen LogP contribution in [0.15, 0.2) is 36.9 Å².